The van der Waals surface area contributed by atoms with Gasteiger partial charge in [0.1, 0.15) is 19.2 Å². The molecule has 13 aromatic rings. The molecule has 1 unspecified atom stereocenters. The maximum Gasteiger partial charge on any atom is 0.137 e. The van der Waals surface area contributed by atoms with Crippen molar-refractivity contribution in [3.8, 4) is 16.8 Å². The van der Waals surface area contributed by atoms with Gasteiger partial charge in [-0.3, -0.25) is 0 Å². The Labute approximate surface area is 400 Å². The Hall–Kier alpha value is -8.44. The predicted molar refractivity (Wildman–Crippen MR) is 292 cm³/mol. The summed E-state index contributed by atoms with van der Waals surface area (Å²) >= 11 is 0. The highest BCUT2D eigenvalue weighted by Crippen LogP contribution is 2.56. The van der Waals surface area contributed by atoms with Crippen LogP contribution in [0, 0.1) is 0 Å². The van der Waals surface area contributed by atoms with E-state index in [1.54, 1.807) is 0 Å². The molecule has 1 aliphatic carbocycles. The third-order valence-electron chi connectivity index (χ3n) is 15.8. The van der Waals surface area contributed by atoms with E-state index in [2.05, 4.69) is 253 Å². The highest BCUT2D eigenvalue weighted by Gasteiger charge is 2.52. The molecule has 0 saturated heterocycles. The van der Waals surface area contributed by atoms with E-state index < -0.39 is 13.5 Å². The summed E-state index contributed by atoms with van der Waals surface area (Å²) in [6.45, 7) is 5.12. The summed E-state index contributed by atoms with van der Waals surface area (Å²) in [5, 5.41) is 12.7. The Morgan fingerprint density at radius 3 is 1.87 bits per heavy atom. The first-order chi connectivity index (χ1) is 34.0. The van der Waals surface area contributed by atoms with Crippen molar-refractivity contribution in [2.45, 2.75) is 18.5 Å². The number of aromatic nitrogens is 1. The fourth-order valence-corrected chi connectivity index (χ4v) is 16.1. The fraction of sp³-hybridized carbons (Fsp3) is 0.0462. The average molecular weight is 897 g/mol. The van der Waals surface area contributed by atoms with Crippen molar-refractivity contribution < 1.29 is 4.42 Å². The van der Waals surface area contributed by atoms with Crippen LogP contribution in [0.4, 0.5) is 17.1 Å². The number of benzene rings is 11. The molecule has 324 valence electrons. The van der Waals surface area contributed by atoms with Crippen LogP contribution in [-0.2, 0) is 5.41 Å². The highest BCUT2D eigenvalue weighted by molar-refractivity contribution is 7.01. The van der Waals surface area contributed by atoms with Crippen LogP contribution >= 0.6 is 0 Å². The van der Waals surface area contributed by atoms with Gasteiger partial charge in [-0.15, -0.1) is 0 Å². The van der Waals surface area contributed by atoms with Gasteiger partial charge in [0.15, 0.2) is 0 Å². The van der Waals surface area contributed by atoms with Crippen molar-refractivity contribution in [3.05, 3.63) is 253 Å². The first-order valence-corrected chi connectivity index (χ1v) is 27.1. The van der Waals surface area contributed by atoms with Gasteiger partial charge >= 0.3 is 0 Å². The number of anilines is 3. The van der Waals surface area contributed by atoms with Gasteiger partial charge in [-0.1, -0.05) is 183 Å². The van der Waals surface area contributed by atoms with Gasteiger partial charge in [-0.2, -0.15) is 0 Å². The van der Waals surface area contributed by atoms with E-state index in [4.69, 9.17) is 4.42 Å². The van der Waals surface area contributed by atoms with Crippen LogP contribution in [0.5, 0.6) is 0 Å². The van der Waals surface area contributed by atoms with Gasteiger partial charge in [-0.25, -0.2) is 0 Å². The zero-order chi connectivity index (χ0) is 45.6. The number of nitrogens with zero attached hydrogens (tertiary/aromatic N) is 2. The van der Waals surface area contributed by atoms with Gasteiger partial charge in [0, 0.05) is 50.1 Å². The van der Waals surface area contributed by atoms with Crippen molar-refractivity contribution in [3.63, 3.8) is 0 Å². The predicted octanol–water partition coefficient (Wildman–Crippen LogP) is 16.0. The second kappa shape index (κ2) is 14.1. The summed E-state index contributed by atoms with van der Waals surface area (Å²) < 4.78 is 9.12. The van der Waals surface area contributed by atoms with Crippen LogP contribution < -0.4 is 15.3 Å². The summed E-state index contributed by atoms with van der Waals surface area (Å²) in [5.41, 5.74) is 16.1. The minimum atomic E-state index is -2.38. The Morgan fingerprint density at radius 2 is 0.971 bits per heavy atom. The largest absolute Gasteiger partial charge is 0.456 e. The molecule has 11 aromatic carbocycles. The maximum atomic E-state index is 6.65. The van der Waals surface area contributed by atoms with Gasteiger partial charge < -0.3 is 13.9 Å². The van der Waals surface area contributed by atoms with Gasteiger partial charge in [0.25, 0.3) is 0 Å². The molecule has 15 rings (SSSR count). The number of hydrogen-bond donors (Lipinski definition) is 0. The molecule has 0 radical (unpaired) electrons. The van der Waals surface area contributed by atoms with E-state index in [9.17, 15) is 0 Å². The standard InChI is InChI=1S/C65H44N2OSi/c1-69(2)62-31-12-9-26-54(62)65(53-25-8-5-21-47(53)52-24-13-18-42-19-14-27-56(65)64(42)52)55-37-34-45(40-63(55)69)66(44-33-36-51-50-23-7-11-30-60(50)68-61(51)39-44)43-32-35-49-48-22-6-10-28-58(48)67(59(49)38-43)57-29-15-17-41-16-3-4-20-46(41)57/h3-40H,1-2H3. The first kappa shape index (κ1) is 38.6. The molecule has 0 saturated carbocycles. The summed E-state index contributed by atoms with van der Waals surface area (Å²) in [7, 11) is -2.38. The lowest BCUT2D eigenvalue weighted by Crippen LogP contribution is -2.63. The highest BCUT2D eigenvalue weighted by atomic mass is 28.3. The van der Waals surface area contributed by atoms with E-state index in [1.807, 2.05) is 0 Å². The van der Waals surface area contributed by atoms with Gasteiger partial charge in [0.05, 0.1) is 22.1 Å². The van der Waals surface area contributed by atoms with Crippen molar-refractivity contribution in [1.29, 1.82) is 0 Å². The number of para-hydroxylation sites is 2. The molecule has 1 atom stereocenters. The zero-order valence-corrected chi connectivity index (χ0v) is 39.2. The quantitative estimate of drug-likeness (QED) is 0.164. The number of rotatable bonds is 4. The molecule has 2 aliphatic rings. The van der Waals surface area contributed by atoms with Crippen molar-refractivity contribution in [2.24, 2.45) is 0 Å². The second-order valence-electron chi connectivity index (χ2n) is 19.6. The zero-order valence-electron chi connectivity index (χ0n) is 38.2. The monoisotopic (exact) mass is 896 g/mol. The molecular formula is C65H44N2OSi. The minimum absolute atomic E-state index is 0.520. The molecule has 0 bridgehead atoms. The average Bonchev–Trinajstić information content (AvgIpc) is 3.94. The van der Waals surface area contributed by atoms with Gasteiger partial charge in [-0.05, 0) is 115 Å². The van der Waals surface area contributed by atoms with E-state index in [1.165, 1.54) is 87.3 Å². The van der Waals surface area contributed by atoms with Crippen molar-refractivity contribution in [1.82, 2.24) is 4.57 Å². The van der Waals surface area contributed by atoms with Crippen LogP contribution in [0.25, 0.3) is 82.1 Å². The van der Waals surface area contributed by atoms with Crippen LogP contribution in [0.3, 0.4) is 0 Å². The summed E-state index contributed by atoms with van der Waals surface area (Å²) in [6, 6.07) is 86.3. The van der Waals surface area contributed by atoms with E-state index >= 15 is 0 Å². The second-order valence-corrected chi connectivity index (χ2v) is 23.9. The fourth-order valence-electron chi connectivity index (χ4n) is 12.9. The van der Waals surface area contributed by atoms with Crippen LogP contribution in [0.2, 0.25) is 13.1 Å². The summed E-state index contributed by atoms with van der Waals surface area (Å²) in [6.07, 6.45) is 0. The van der Waals surface area contributed by atoms with Crippen molar-refractivity contribution in [2.75, 3.05) is 4.90 Å². The molecule has 69 heavy (non-hydrogen) atoms. The molecule has 4 heteroatoms. The van der Waals surface area contributed by atoms with Crippen LogP contribution in [0.1, 0.15) is 22.3 Å². The normalized spacial score (nSPS) is 15.6. The maximum absolute atomic E-state index is 6.65. The Kier molecular flexibility index (Phi) is 7.87. The molecule has 3 nitrogen and oxygen atoms in total. The number of fused-ring (bicyclic) bond motifs is 15. The lowest BCUT2D eigenvalue weighted by molar-refractivity contribution is 0.669. The Balaban J connectivity index is 1.03. The molecular weight excluding hydrogens is 853 g/mol. The molecule has 0 amide bonds. The Bertz CT molecular complexity index is 4320. The SMILES string of the molecule is C[Si]1(C)c2ccccc2C2(c3ccccc3-c3cccc4cccc2c34)c2ccc(N(c3ccc4c(c3)oc3ccccc34)c3ccc4c5ccccc5n(-c5cccc6ccccc56)c4c3)cc21. The first-order valence-electron chi connectivity index (χ1n) is 24.1. The lowest BCUT2D eigenvalue weighted by Gasteiger charge is -2.50. The van der Waals surface area contributed by atoms with E-state index in [0.29, 0.717) is 0 Å². The van der Waals surface area contributed by atoms with Gasteiger partial charge in [0.2, 0.25) is 0 Å². The van der Waals surface area contributed by atoms with Crippen LogP contribution in [-0.4, -0.2) is 12.6 Å². The Morgan fingerprint density at radius 1 is 0.391 bits per heavy atom. The number of furan rings is 1. The topological polar surface area (TPSA) is 21.3 Å². The molecule has 2 aromatic heterocycles. The van der Waals surface area contributed by atoms with E-state index in [0.717, 1.165) is 44.5 Å². The third-order valence-corrected chi connectivity index (χ3v) is 19.4. The number of hydrogen-bond acceptors (Lipinski definition) is 2. The molecule has 1 aliphatic heterocycles. The van der Waals surface area contributed by atoms with E-state index in [-0.39, 0.29) is 0 Å². The molecule has 0 N–H and O–H groups in total. The molecule has 0 fully saturated rings. The summed E-state index contributed by atoms with van der Waals surface area (Å²) in [4.78, 5) is 2.47. The third kappa shape index (κ3) is 5.16. The molecule has 3 heterocycles. The lowest BCUT2D eigenvalue weighted by atomic mass is 9.59. The smallest absolute Gasteiger partial charge is 0.137 e. The minimum Gasteiger partial charge on any atom is -0.456 e. The van der Waals surface area contributed by atoms with Crippen molar-refractivity contribution >= 4 is 101 Å². The van der Waals surface area contributed by atoms with Crippen LogP contribution in [0.15, 0.2) is 235 Å². The summed E-state index contributed by atoms with van der Waals surface area (Å²) in [5.74, 6) is 0. The molecule has 1 spiro atoms.